The van der Waals surface area contributed by atoms with E-state index in [1.54, 1.807) is 68.4 Å². The summed E-state index contributed by atoms with van der Waals surface area (Å²) >= 11 is 7.11. The van der Waals surface area contributed by atoms with Gasteiger partial charge in [0.25, 0.3) is 5.91 Å². The largest absolute Gasteiger partial charge is 0.491 e. The predicted octanol–water partition coefficient (Wildman–Crippen LogP) is 6.16. The van der Waals surface area contributed by atoms with Crippen LogP contribution in [-0.2, 0) is 41.4 Å². The second kappa shape index (κ2) is 22.5. The Kier molecular flexibility index (Phi) is 17.0. The molecule has 0 radical (unpaired) electrons. The van der Waals surface area contributed by atoms with Crippen molar-refractivity contribution in [3.8, 4) is 28.0 Å². The number of aliphatic hydroxyl groups excluding tert-OH is 1. The lowest BCUT2D eigenvalue weighted by Crippen LogP contribution is -2.55. The SMILES string of the molecule is CC(=O)NC(C(=O)N1C[C@H](O)C[C@H]1C(=O)NCc1ccc(-c2scnc2C)cc1OCCOCCOCCOc1ccc(N2C(=S)N(c3ccc(C#N)c(C(F)(F)F)c3)C(=O)C2(C)C)cc1)C(C)C. The number of amides is 4. The number of halogens is 3. The Morgan fingerprint density at radius 1 is 0.986 bits per heavy atom. The summed E-state index contributed by atoms with van der Waals surface area (Å²) in [5.74, 6) is -0.993. The maximum Gasteiger partial charge on any atom is 0.417 e. The van der Waals surface area contributed by atoms with E-state index in [1.807, 2.05) is 25.1 Å². The second-order valence-corrected chi connectivity index (χ2v) is 18.4. The van der Waals surface area contributed by atoms with E-state index in [4.69, 9.17) is 31.2 Å². The van der Waals surface area contributed by atoms with Gasteiger partial charge in [0.1, 0.15) is 42.3 Å². The van der Waals surface area contributed by atoms with Crippen molar-refractivity contribution in [3.05, 3.63) is 88.6 Å². The molecule has 2 aliphatic rings. The number of anilines is 2. The third-order valence-electron chi connectivity index (χ3n) is 11.5. The van der Waals surface area contributed by atoms with E-state index in [-0.39, 0.29) is 81.8 Å². The number of rotatable bonds is 20. The van der Waals surface area contributed by atoms with Crippen LogP contribution in [0.5, 0.6) is 11.5 Å². The number of carbonyl (C=O) groups excluding carboxylic acids is 4. The molecule has 6 rings (SSSR count). The van der Waals surface area contributed by atoms with Gasteiger partial charge in [-0.25, -0.2) is 4.98 Å². The number of benzene rings is 3. The number of thiocarbonyl (C=S) groups is 1. The van der Waals surface area contributed by atoms with E-state index in [1.165, 1.54) is 29.2 Å². The van der Waals surface area contributed by atoms with Crippen molar-refractivity contribution in [2.75, 3.05) is 56.0 Å². The average molecular weight is 994 g/mol. The van der Waals surface area contributed by atoms with E-state index in [2.05, 4.69) is 15.6 Å². The summed E-state index contributed by atoms with van der Waals surface area (Å²) in [6, 6.07) is 15.2. The monoisotopic (exact) mass is 993 g/mol. The summed E-state index contributed by atoms with van der Waals surface area (Å²) in [5, 5.41) is 25.2. The van der Waals surface area contributed by atoms with Gasteiger partial charge in [-0.2, -0.15) is 18.4 Å². The number of β-amino-alcohol motifs (C(OH)–C–C–N with tert-alkyl or cyclic N) is 1. The highest BCUT2D eigenvalue weighted by atomic mass is 32.1. The van der Waals surface area contributed by atoms with Crippen molar-refractivity contribution in [1.82, 2.24) is 20.5 Å². The number of alkyl halides is 3. The van der Waals surface area contributed by atoms with Crippen molar-refractivity contribution in [2.24, 2.45) is 5.92 Å². The number of hydrogen-bond donors (Lipinski definition) is 3. The van der Waals surface area contributed by atoms with Crippen LogP contribution in [0, 0.1) is 24.2 Å². The lowest BCUT2D eigenvalue weighted by atomic mass is 10.0. The first-order chi connectivity index (χ1) is 32.7. The first kappa shape index (κ1) is 52.2. The third-order valence-corrected chi connectivity index (χ3v) is 12.8. The Bertz CT molecular complexity index is 2570. The highest BCUT2D eigenvalue weighted by Crippen LogP contribution is 2.40. The summed E-state index contributed by atoms with van der Waals surface area (Å²) in [6.07, 6.45) is -5.64. The number of nitriles is 1. The molecule has 1 aromatic heterocycles. The minimum Gasteiger partial charge on any atom is -0.491 e. The Morgan fingerprint density at radius 3 is 2.25 bits per heavy atom. The molecule has 2 saturated heterocycles. The van der Waals surface area contributed by atoms with Gasteiger partial charge in [0, 0.05) is 37.7 Å². The molecule has 0 spiro atoms. The van der Waals surface area contributed by atoms with Gasteiger partial charge in [0.05, 0.1) is 71.5 Å². The minimum atomic E-state index is -4.81. The number of hydrogen-bond acceptors (Lipinski definition) is 13. The Hall–Kier alpha value is -6.18. The number of aliphatic hydroxyl groups is 1. The number of aromatic nitrogens is 1. The van der Waals surface area contributed by atoms with E-state index < -0.39 is 58.8 Å². The van der Waals surface area contributed by atoms with Crippen molar-refractivity contribution in [1.29, 1.82) is 5.26 Å². The molecule has 3 heterocycles. The molecule has 16 nitrogen and oxygen atoms in total. The third kappa shape index (κ3) is 12.4. The standard InChI is InChI=1S/C48H54F3N7O9S2/c1-28(2)41(55-30(4)59)44(62)56-26-36(60)23-39(56)43(61)53-25-33-8-7-31(42-29(3)54-27-69-42)21-40(33)67-20-18-65-16-15-64-17-19-66-37-13-11-34(12-14-37)58-46(68)57(45(63)47(58,5)6)35-10-9-32(24-52)38(22-35)48(49,50)51/h7-14,21-22,27-28,36,39,41,60H,15-20,23,25-26H2,1-6H3,(H,53,61)(H,55,59)/t36-,39+,41?/m1/s1. The zero-order chi connectivity index (χ0) is 50.2. The van der Waals surface area contributed by atoms with Gasteiger partial charge in [0.2, 0.25) is 17.7 Å². The minimum absolute atomic E-state index is 0.0204. The van der Waals surface area contributed by atoms with Crippen LogP contribution < -0.4 is 29.9 Å². The van der Waals surface area contributed by atoms with Crippen LogP contribution in [0.1, 0.15) is 63.4 Å². The zero-order valence-electron chi connectivity index (χ0n) is 38.9. The first-order valence-electron chi connectivity index (χ1n) is 22.1. The highest BCUT2D eigenvalue weighted by molar-refractivity contribution is 7.81. The number of carbonyl (C=O) groups is 4. The fourth-order valence-corrected chi connectivity index (χ4v) is 9.30. The molecule has 1 unspecified atom stereocenters. The average Bonchev–Trinajstić information content (AvgIpc) is 3.97. The summed E-state index contributed by atoms with van der Waals surface area (Å²) in [7, 11) is 0. The quantitative estimate of drug-likeness (QED) is 0.0674. The molecule has 4 aromatic rings. The van der Waals surface area contributed by atoms with Gasteiger partial charge < -0.3 is 44.5 Å². The second-order valence-electron chi connectivity index (χ2n) is 17.2. The topological polar surface area (TPSA) is 196 Å². The fourth-order valence-electron chi connectivity index (χ4n) is 7.97. The lowest BCUT2D eigenvalue weighted by Gasteiger charge is -2.30. The van der Waals surface area contributed by atoms with Gasteiger partial charge in [-0.3, -0.25) is 24.1 Å². The van der Waals surface area contributed by atoms with Gasteiger partial charge in [-0.15, -0.1) is 11.3 Å². The molecule has 2 aliphatic heterocycles. The van der Waals surface area contributed by atoms with Crippen molar-refractivity contribution < 1.29 is 56.4 Å². The molecule has 2 fully saturated rings. The van der Waals surface area contributed by atoms with Crippen LogP contribution >= 0.6 is 23.6 Å². The molecule has 0 bridgehead atoms. The number of likely N-dealkylation sites (tertiary alicyclic amines) is 1. The van der Waals surface area contributed by atoms with E-state index in [9.17, 15) is 42.7 Å². The molecule has 368 valence electrons. The van der Waals surface area contributed by atoms with Gasteiger partial charge >= 0.3 is 6.18 Å². The van der Waals surface area contributed by atoms with Crippen LogP contribution in [0.15, 0.2) is 66.2 Å². The molecular formula is C48H54F3N7O9S2. The molecule has 69 heavy (non-hydrogen) atoms. The lowest BCUT2D eigenvalue weighted by molar-refractivity contribution is -0.142. The van der Waals surface area contributed by atoms with Crippen LogP contribution in [-0.4, -0.2) is 114 Å². The number of ether oxygens (including phenoxy) is 4. The Labute approximate surface area is 407 Å². The van der Waals surface area contributed by atoms with Crippen molar-refractivity contribution >= 4 is 63.7 Å². The fraction of sp³-hybridized carbons (Fsp3) is 0.438. The molecule has 3 aromatic carbocycles. The normalized spacial score (nSPS) is 17.3. The molecule has 3 atom stereocenters. The molecule has 4 amide bonds. The summed E-state index contributed by atoms with van der Waals surface area (Å²) in [5.41, 5.74) is 1.64. The molecule has 21 heteroatoms. The molecule has 3 N–H and O–H groups in total. The smallest absolute Gasteiger partial charge is 0.417 e. The molecule has 0 saturated carbocycles. The number of nitrogens with zero attached hydrogens (tertiary/aromatic N) is 5. The van der Waals surface area contributed by atoms with Crippen LogP contribution in [0.3, 0.4) is 0 Å². The van der Waals surface area contributed by atoms with Crippen molar-refractivity contribution in [3.63, 3.8) is 0 Å². The maximum absolute atomic E-state index is 13.7. The van der Waals surface area contributed by atoms with Crippen LogP contribution in [0.4, 0.5) is 24.5 Å². The van der Waals surface area contributed by atoms with Gasteiger partial charge in [-0.05, 0) is 93.0 Å². The van der Waals surface area contributed by atoms with Gasteiger partial charge in [-0.1, -0.05) is 26.0 Å². The summed E-state index contributed by atoms with van der Waals surface area (Å²) < 4.78 is 64.6. The maximum atomic E-state index is 13.7. The number of aryl methyl sites for hydroxylation is 1. The zero-order valence-corrected chi connectivity index (χ0v) is 40.6. The Balaban J connectivity index is 0.956. The first-order valence-corrected chi connectivity index (χ1v) is 23.4. The van der Waals surface area contributed by atoms with Gasteiger partial charge in [0.15, 0.2) is 5.11 Å². The van der Waals surface area contributed by atoms with Crippen molar-refractivity contribution in [2.45, 2.75) is 84.4 Å². The van der Waals surface area contributed by atoms with Crippen LogP contribution in [0.25, 0.3) is 10.4 Å². The number of thiazole rings is 1. The highest BCUT2D eigenvalue weighted by Gasteiger charge is 2.51. The van der Waals surface area contributed by atoms with Crippen LogP contribution in [0.2, 0.25) is 0 Å². The predicted molar refractivity (Wildman–Crippen MR) is 255 cm³/mol. The molecular weight excluding hydrogens is 940 g/mol. The van der Waals surface area contributed by atoms with E-state index in [0.29, 0.717) is 22.7 Å². The van der Waals surface area contributed by atoms with E-state index in [0.717, 1.165) is 33.2 Å². The van der Waals surface area contributed by atoms with E-state index >= 15 is 0 Å². The summed E-state index contributed by atoms with van der Waals surface area (Å²) in [4.78, 5) is 61.7. The number of nitrogens with one attached hydrogen (secondary N) is 2. The summed E-state index contributed by atoms with van der Waals surface area (Å²) in [6.45, 7) is 11.5. The Morgan fingerprint density at radius 2 is 1.64 bits per heavy atom. The molecule has 0 aliphatic carbocycles.